The molecule has 0 saturated heterocycles. The highest BCUT2D eigenvalue weighted by Crippen LogP contribution is 2.42. The summed E-state index contributed by atoms with van der Waals surface area (Å²) in [5.74, 6) is -1.80. The van der Waals surface area contributed by atoms with Crippen molar-refractivity contribution in [1.82, 2.24) is 0 Å². The van der Waals surface area contributed by atoms with Crippen LogP contribution in [0.3, 0.4) is 0 Å². The average molecular weight is 414 g/mol. The van der Waals surface area contributed by atoms with E-state index in [1.54, 1.807) is 0 Å². The van der Waals surface area contributed by atoms with Crippen molar-refractivity contribution in [3.8, 4) is 0 Å². The van der Waals surface area contributed by atoms with Crippen molar-refractivity contribution in [3.05, 3.63) is 39.0 Å². The van der Waals surface area contributed by atoms with Crippen LogP contribution in [0.2, 0.25) is 10.0 Å². The summed E-state index contributed by atoms with van der Waals surface area (Å²) < 4.78 is 53.2. The van der Waals surface area contributed by atoms with Crippen LogP contribution in [-0.4, -0.2) is 39.5 Å². The van der Waals surface area contributed by atoms with E-state index in [0.717, 1.165) is 19.1 Å². The summed E-state index contributed by atoms with van der Waals surface area (Å²) in [5.41, 5.74) is -1.67. The molecule has 11 heteroatoms. The third-order valence-corrected chi connectivity index (χ3v) is 4.02. The minimum absolute atomic E-state index is 0.136. The number of carbonyl (C=O) groups excluding carboxylic acids is 2. The molecule has 0 aromatic heterocycles. The molecule has 1 aliphatic rings. The topological polar surface area (TPSA) is 65.1 Å². The Kier molecular flexibility index (Phi) is 6.05. The van der Waals surface area contributed by atoms with Crippen molar-refractivity contribution >= 4 is 40.8 Å². The molecular weight excluding hydrogens is 402 g/mol. The molecule has 1 aliphatic heterocycles. The predicted octanol–water partition coefficient (Wildman–Crippen LogP) is 3.41. The highest BCUT2D eigenvalue weighted by atomic mass is 35.5. The first kappa shape index (κ1) is 20.3. The molecule has 0 unspecified atom stereocenters. The second kappa shape index (κ2) is 7.73. The summed E-state index contributed by atoms with van der Waals surface area (Å²) in [6.07, 6.45) is -4.66. The summed E-state index contributed by atoms with van der Waals surface area (Å²) in [6.45, 7) is -0.556. The van der Waals surface area contributed by atoms with Gasteiger partial charge in [0.25, 0.3) is 0 Å². The fraction of sp³-hybridized carbons (Fsp3) is 0.333. The lowest BCUT2D eigenvalue weighted by Gasteiger charge is -2.32. The van der Waals surface area contributed by atoms with Crippen LogP contribution in [0.25, 0.3) is 0 Å². The first-order valence-corrected chi connectivity index (χ1v) is 7.68. The van der Waals surface area contributed by atoms with E-state index >= 15 is 0 Å². The normalized spacial score (nSPS) is 15.1. The molecule has 0 amide bonds. The number of esters is 2. The first-order valence-electron chi connectivity index (χ1n) is 6.93. The number of nitrogens with zero attached hydrogens (tertiary/aromatic N) is 1. The molecule has 0 aliphatic carbocycles. The van der Waals surface area contributed by atoms with Crippen LogP contribution >= 0.6 is 23.2 Å². The number of hydrogen-bond acceptors (Lipinski definition) is 6. The quantitative estimate of drug-likeness (QED) is 0.707. The Morgan fingerprint density at radius 1 is 1.12 bits per heavy atom. The van der Waals surface area contributed by atoms with E-state index in [1.165, 1.54) is 0 Å². The largest absolute Gasteiger partial charge is 0.466 e. The van der Waals surface area contributed by atoms with E-state index in [4.69, 9.17) is 27.9 Å². The third kappa shape index (κ3) is 3.89. The molecule has 2 rings (SSSR count). The lowest BCUT2D eigenvalue weighted by atomic mass is 10.1. The maximum Gasteiger partial charge on any atom is 0.416 e. The number of hydrogen-bond donors (Lipinski definition) is 0. The summed E-state index contributed by atoms with van der Waals surface area (Å²) in [4.78, 5) is 25.2. The highest BCUT2D eigenvalue weighted by Gasteiger charge is 2.36. The number of methoxy groups -OCH3 is 2. The van der Waals surface area contributed by atoms with Gasteiger partial charge in [0.1, 0.15) is 12.4 Å². The highest BCUT2D eigenvalue weighted by molar-refractivity contribution is 6.39. The van der Waals surface area contributed by atoms with Gasteiger partial charge in [0.2, 0.25) is 0 Å². The monoisotopic (exact) mass is 413 g/mol. The molecule has 0 N–H and O–H groups in total. The lowest BCUT2D eigenvalue weighted by molar-refractivity contribution is -0.140. The second-order valence-electron chi connectivity index (χ2n) is 5.00. The molecule has 0 bridgehead atoms. The van der Waals surface area contributed by atoms with Crippen molar-refractivity contribution in [3.63, 3.8) is 0 Å². The SMILES string of the molecule is COC(=O)C1=C(C(=O)OC)N(c2c(Cl)cc(C(F)(F)F)cc2Cl)COC1. The van der Waals surface area contributed by atoms with Crippen molar-refractivity contribution < 1.29 is 37.0 Å². The number of benzene rings is 1. The van der Waals surface area contributed by atoms with Gasteiger partial charge in [-0.2, -0.15) is 13.2 Å². The van der Waals surface area contributed by atoms with Crippen molar-refractivity contribution in [2.24, 2.45) is 0 Å². The van der Waals surface area contributed by atoms with Crippen LogP contribution in [-0.2, 0) is 30.0 Å². The number of ether oxygens (including phenoxy) is 3. The molecule has 1 heterocycles. The number of carbonyl (C=O) groups is 2. The van der Waals surface area contributed by atoms with Crippen LogP contribution < -0.4 is 4.90 Å². The number of anilines is 1. The van der Waals surface area contributed by atoms with Gasteiger partial charge in [-0.25, -0.2) is 9.59 Å². The van der Waals surface area contributed by atoms with Gasteiger partial charge in [0.15, 0.2) is 0 Å². The zero-order chi connectivity index (χ0) is 19.6. The minimum atomic E-state index is -4.66. The molecule has 0 saturated carbocycles. The second-order valence-corrected chi connectivity index (χ2v) is 5.82. The molecule has 0 atom stereocenters. The smallest absolute Gasteiger partial charge is 0.416 e. The lowest BCUT2D eigenvalue weighted by Crippen LogP contribution is -2.39. The van der Waals surface area contributed by atoms with E-state index in [9.17, 15) is 22.8 Å². The van der Waals surface area contributed by atoms with Gasteiger partial charge < -0.3 is 19.1 Å². The molecule has 0 fully saturated rings. The third-order valence-electron chi connectivity index (χ3n) is 3.45. The van der Waals surface area contributed by atoms with Crippen molar-refractivity contribution in [1.29, 1.82) is 0 Å². The Morgan fingerprint density at radius 3 is 2.12 bits per heavy atom. The molecule has 26 heavy (non-hydrogen) atoms. The fourth-order valence-corrected chi connectivity index (χ4v) is 3.00. The molecular formula is C15H12Cl2F3NO5. The molecule has 1 aromatic rings. The van der Waals surface area contributed by atoms with E-state index in [0.29, 0.717) is 12.1 Å². The van der Waals surface area contributed by atoms with Gasteiger partial charge in [0, 0.05) is 0 Å². The van der Waals surface area contributed by atoms with Crippen LogP contribution in [0.5, 0.6) is 0 Å². The van der Waals surface area contributed by atoms with E-state index in [2.05, 4.69) is 9.47 Å². The summed E-state index contributed by atoms with van der Waals surface area (Å²) in [6, 6.07) is 1.31. The number of rotatable bonds is 3. The van der Waals surface area contributed by atoms with Gasteiger partial charge in [0.05, 0.1) is 47.7 Å². The number of alkyl halides is 3. The number of halogens is 5. The van der Waals surface area contributed by atoms with Gasteiger partial charge in [-0.15, -0.1) is 0 Å². The van der Waals surface area contributed by atoms with E-state index < -0.39 is 23.7 Å². The summed E-state index contributed by atoms with van der Waals surface area (Å²) in [7, 11) is 2.18. The van der Waals surface area contributed by atoms with Crippen LogP contribution in [0.1, 0.15) is 5.56 Å². The first-order chi connectivity index (χ1) is 12.1. The summed E-state index contributed by atoms with van der Waals surface area (Å²) in [5, 5.41) is -0.776. The van der Waals surface area contributed by atoms with Crippen molar-refractivity contribution in [2.45, 2.75) is 6.18 Å². The molecule has 1 aromatic carbocycles. The van der Waals surface area contributed by atoms with Crippen LogP contribution in [0.15, 0.2) is 23.4 Å². The Hall–Kier alpha value is -1.97. The summed E-state index contributed by atoms with van der Waals surface area (Å²) >= 11 is 12.0. The maximum atomic E-state index is 12.9. The zero-order valence-corrected chi connectivity index (χ0v) is 15.0. The average Bonchev–Trinajstić information content (AvgIpc) is 2.58. The van der Waals surface area contributed by atoms with Crippen LogP contribution in [0.4, 0.5) is 18.9 Å². The Labute approximate surface area is 156 Å². The Bertz CT molecular complexity index is 756. The van der Waals surface area contributed by atoms with E-state index in [-0.39, 0.29) is 40.3 Å². The Balaban J connectivity index is 2.66. The molecule has 0 radical (unpaired) electrons. The van der Waals surface area contributed by atoms with Gasteiger partial charge in [-0.3, -0.25) is 0 Å². The maximum absolute atomic E-state index is 12.9. The van der Waals surface area contributed by atoms with Gasteiger partial charge in [-0.1, -0.05) is 23.2 Å². The predicted molar refractivity (Wildman–Crippen MR) is 85.8 cm³/mol. The van der Waals surface area contributed by atoms with Crippen molar-refractivity contribution in [2.75, 3.05) is 32.5 Å². The minimum Gasteiger partial charge on any atom is -0.466 e. The van der Waals surface area contributed by atoms with E-state index in [1.807, 2.05) is 0 Å². The van der Waals surface area contributed by atoms with Crippen LogP contribution in [0, 0.1) is 0 Å². The fourth-order valence-electron chi connectivity index (χ4n) is 2.31. The molecule has 142 valence electrons. The standard InChI is InChI=1S/C15H12Cl2F3NO5/c1-24-13(22)8-5-26-6-21(11(8)14(23)25-2)12-9(16)3-7(4-10(12)17)15(18,19)20/h3-4H,5-6H2,1-2H3. The van der Waals surface area contributed by atoms with Gasteiger partial charge >= 0.3 is 18.1 Å². The zero-order valence-electron chi connectivity index (χ0n) is 13.4. The Morgan fingerprint density at radius 2 is 1.65 bits per heavy atom. The van der Waals surface area contributed by atoms with Gasteiger partial charge in [-0.05, 0) is 12.1 Å². The molecule has 6 nitrogen and oxygen atoms in total. The molecule has 0 spiro atoms.